The lowest BCUT2D eigenvalue weighted by Crippen LogP contribution is -2.05. The third-order valence-corrected chi connectivity index (χ3v) is 1.92. The first-order valence-electron chi connectivity index (χ1n) is 3.98. The van der Waals surface area contributed by atoms with Gasteiger partial charge in [0, 0.05) is 0 Å². The monoisotopic (exact) mass is 192 g/mol. The third-order valence-electron chi connectivity index (χ3n) is 1.92. The van der Waals surface area contributed by atoms with Crippen molar-refractivity contribution in [1.82, 2.24) is 9.38 Å². The lowest BCUT2D eigenvalue weighted by atomic mass is 10.4. The molecule has 2 heterocycles. The van der Waals surface area contributed by atoms with Gasteiger partial charge in [0.1, 0.15) is 0 Å². The van der Waals surface area contributed by atoms with Crippen LogP contribution in [0.5, 0.6) is 5.88 Å². The molecule has 0 saturated heterocycles. The first-order valence-corrected chi connectivity index (χ1v) is 3.98. The van der Waals surface area contributed by atoms with Gasteiger partial charge in [-0.2, -0.15) is 0 Å². The summed E-state index contributed by atoms with van der Waals surface area (Å²) in [5, 5.41) is 8.85. The molecular formula is C9H8N2O3. The van der Waals surface area contributed by atoms with E-state index in [1.165, 1.54) is 17.7 Å². The summed E-state index contributed by atoms with van der Waals surface area (Å²) < 4.78 is 6.48. The fraction of sp³-hybridized carbons (Fsp3) is 0.111. The van der Waals surface area contributed by atoms with Gasteiger partial charge in [-0.1, -0.05) is 6.07 Å². The number of carboxylic acids is 1. The zero-order chi connectivity index (χ0) is 10.1. The van der Waals surface area contributed by atoms with Gasteiger partial charge < -0.3 is 9.84 Å². The lowest BCUT2D eigenvalue weighted by Gasteiger charge is -2.04. The number of hydrogen-bond donors (Lipinski definition) is 1. The number of carboxylic acid groups (broad SMARTS) is 1. The molecule has 1 N–H and O–H groups in total. The third kappa shape index (κ3) is 1.10. The number of aromatic nitrogens is 2. The molecule has 5 nitrogen and oxygen atoms in total. The number of aromatic carboxylic acids is 1. The van der Waals surface area contributed by atoms with Crippen molar-refractivity contribution in [2.24, 2.45) is 0 Å². The summed E-state index contributed by atoms with van der Waals surface area (Å²) in [6, 6.07) is 5.23. The average Bonchev–Trinajstić information content (AvgIpc) is 2.60. The van der Waals surface area contributed by atoms with Crippen LogP contribution in [-0.4, -0.2) is 27.6 Å². The number of hydrogen-bond acceptors (Lipinski definition) is 3. The molecule has 0 aliphatic heterocycles. The van der Waals surface area contributed by atoms with Crippen LogP contribution in [0.2, 0.25) is 0 Å². The molecule has 2 aromatic rings. The Morgan fingerprint density at radius 1 is 1.57 bits per heavy atom. The molecule has 2 aromatic heterocycles. The second-order valence-corrected chi connectivity index (χ2v) is 2.72. The maximum Gasteiger partial charge on any atom is 0.372 e. The molecule has 0 bridgehead atoms. The molecule has 0 spiro atoms. The van der Waals surface area contributed by atoms with Crippen LogP contribution in [0.3, 0.4) is 0 Å². The Morgan fingerprint density at radius 2 is 2.36 bits per heavy atom. The van der Waals surface area contributed by atoms with E-state index in [1.54, 1.807) is 18.2 Å². The van der Waals surface area contributed by atoms with Gasteiger partial charge in [-0.05, 0) is 12.1 Å². The summed E-state index contributed by atoms with van der Waals surface area (Å²) >= 11 is 0. The maximum absolute atomic E-state index is 10.8. The van der Waals surface area contributed by atoms with E-state index in [0.717, 1.165) is 0 Å². The highest BCUT2D eigenvalue weighted by molar-refractivity contribution is 5.85. The van der Waals surface area contributed by atoms with Crippen molar-refractivity contribution in [1.29, 1.82) is 0 Å². The quantitative estimate of drug-likeness (QED) is 0.772. The Morgan fingerprint density at radius 3 is 3.00 bits per heavy atom. The highest BCUT2D eigenvalue weighted by Crippen LogP contribution is 2.16. The van der Waals surface area contributed by atoms with E-state index >= 15 is 0 Å². The van der Waals surface area contributed by atoms with Gasteiger partial charge in [-0.15, -0.1) is 0 Å². The van der Waals surface area contributed by atoms with E-state index < -0.39 is 5.97 Å². The molecule has 0 atom stereocenters. The maximum atomic E-state index is 10.8. The number of imidazole rings is 1. The molecule has 0 radical (unpaired) electrons. The van der Waals surface area contributed by atoms with Gasteiger partial charge in [0.25, 0.3) is 0 Å². The topological polar surface area (TPSA) is 63.8 Å². The summed E-state index contributed by atoms with van der Waals surface area (Å²) in [7, 11) is 1.49. The number of rotatable bonds is 2. The molecule has 14 heavy (non-hydrogen) atoms. The Hall–Kier alpha value is -2.04. The number of nitrogens with zero attached hydrogens (tertiary/aromatic N) is 2. The van der Waals surface area contributed by atoms with Crippen molar-refractivity contribution >= 4 is 11.5 Å². The number of fused-ring (bicyclic) bond motifs is 1. The highest BCUT2D eigenvalue weighted by Gasteiger charge is 2.13. The predicted molar refractivity (Wildman–Crippen MR) is 48.7 cm³/mol. The van der Waals surface area contributed by atoms with E-state index in [4.69, 9.17) is 9.84 Å². The molecule has 0 aliphatic rings. The zero-order valence-electron chi connectivity index (χ0n) is 7.47. The van der Waals surface area contributed by atoms with Crippen molar-refractivity contribution in [3.8, 4) is 5.88 Å². The average molecular weight is 192 g/mol. The molecular weight excluding hydrogens is 184 g/mol. The van der Waals surface area contributed by atoms with Crippen LogP contribution >= 0.6 is 0 Å². The van der Waals surface area contributed by atoms with Crippen LogP contribution in [0.4, 0.5) is 0 Å². The minimum atomic E-state index is -1.07. The standard InChI is InChI=1S/C9H8N2O3/c1-14-7-4-2-3-6-5-10-8(9(12)13)11(6)7/h2-5H,1H3,(H,12,13). The van der Waals surface area contributed by atoms with Crippen molar-refractivity contribution in [2.45, 2.75) is 0 Å². The first kappa shape index (κ1) is 8.55. The van der Waals surface area contributed by atoms with E-state index in [0.29, 0.717) is 11.4 Å². The molecule has 5 heteroatoms. The molecule has 2 rings (SSSR count). The Labute approximate surface area is 79.6 Å². The van der Waals surface area contributed by atoms with Gasteiger partial charge in [-0.25, -0.2) is 9.78 Å². The number of pyridine rings is 1. The fourth-order valence-corrected chi connectivity index (χ4v) is 1.33. The van der Waals surface area contributed by atoms with Gasteiger partial charge in [-0.3, -0.25) is 4.40 Å². The summed E-state index contributed by atoms with van der Waals surface area (Å²) in [5.74, 6) is -0.663. The smallest absolute Gasteiger partial charge is 0.372 e. The van der Waals surface area contributed by atoms with E-state index in [9.17, 15) is 4.79 Å². The molecule has 0 amide bonds. The summed E-state index contributed by atoms with van der Waals surface area (Å²) in [5.41, 5.74) is 0.696. The Balaban J connectivity index is 2.81. The van der Waals surface area contributed by atoms with Crippen molar-refractivity contribution in [2.75, 3.05) is 7.11 Å². The Kier molecular flexibility index (Phi) is 1.85. The van der Waals surface area contributed by atoms with Crippen LogP contribution in [-0.2, 0) is 0 Å². The summed E-state index contributed by atoms with van der Waals surface area (Å²) in [6.45, 7) is 0. The number of methoxy groups -OCH3 is 1. The summed E-state index contributed by atoms with van der Waals surface area (Å²) in [6.07, 6.45) is 1.49. The predicted octanol–water partition coefficient (Wildman–Crippen LogP) is 1.04. The van der Waals surface area contributed by atoms with Crippen molar-refractivity contribution in [3.05, 3.63) is 30.2 Å². The van der Waals surface area contributed by atoms with Crippen LogP contribution in [0.25, 0.3) is 5.52 Å². The minimum Gasteiger partial charge on any atom is -0.482 e. The zero-order valence-corrected chi connectivity index (χ0v) is 7.47. The van der Waals surface area contributed by atoms with Crippen LogP contribution in [0.1, 0.15) is 10.6 Å². The number of carbonyl (C=O) groups is 1. The van der Waals surface area contributed by atoms with Crippen molar-refractivity contribution in [3.63, 3.8) is 0 Å². The second-order valence-electron chi connectivity index (χ2n) is 2.72. The van der Waals surface area contributed by atoms with E-state index in [2.05, 4.69) is 4.98 Å². The summed E-state index contributed by atoms with van der Waals surface area (Å²) in [4.78, 5) is 14.6. The van der Waals surface area contributed by atoms with Crippen LogP contribution in [0, 0.1) is 0 Å². The lowest BCUT2D eigenvalue weighted by molar-refractivity contribution is 0.0681. The van der Waals surface area contributed by atoms with Gasteiger partial charge in [0.15, 0.2) is 5.88 Å². The van der Waals surface area contributed by atoms with Gasteiger partial charge >= 0.3 is 5.97 Å². The SMILES string of the molecule is COc1cccc2cnc(C(=O)O)n12. The fourth-order valence-electron chi connectivity index (χ4n) is 1.33. The molecule has 0 unspecified atom stereocenters. The highest BCUT2D eigenvalue weighted by atomic mass is 16.5. The van der Waals surface area contributed by atoms with Crippen molar-refractivity contribution < 1.29 is 14.6 Å². The molecule has 0 fully saturated rings. The minimum absolute atomic E-state index is 0.0440. The number of ether oxygens (including phenoxy) is 1. The first-order chi connectivity index (χ1) is 6.74. The van der Waals surface area contributed by atoms with E-state index in [-0.39, 0.29) is 5.82 Å². The Bertz CT molecular complexity index is 490. The largest absolute Gasteiger partial charge is 0.482 e. The molecule has 0 saturated carbocycles. The molecule has 0 aromatic carbocycles. The van der Waals surface area contributed by atoms with E-state index in [1.807, 2.05) is 0 Å². The van der Waals surface area contributed by atoms with Gasteiger partial charge in [0.05, 0.1) is 18.8 Å². The van der Waals surface area contributed by atoms with Crippen LogP contribution < -0.4 is 4.74 Å². The normalized spacial score (nSPS) is 10.4. The van der Waals surface area contributed by atoms with Crippen LogP contribution in [0.15, 0.2) is 24.4 Å². The second kappa shape index (κ2) is 3.02. The molecule has 72 valence electrons. The molecule has 0 aliphatic carbocycles. The van der Waals surface area contributed by atoms with Gasteiger partial charge in [0.2, 0.25) is 5.82 Å².